The summed E-state index contributed by atoms with van der Waals surface area (Å²) >= 11 is 1.62. The van der Waals surface area contributed by atoms with Crippen LogP contribution in [0.1, 0.15) is 11.1 Å². The highest BCUT2D eigenvalue weighted by Gasteiger charge is 2.14. The van der Waals surface area contributed by atoms with Crippen LogP contribution in [0.25, 0.3) is 0 Å². The van der Waals surface area contributed by atoms with Gasteiger partial charge in [0.05, 0.1) is 4.92 Å². The van der Waals surface area contributed by atoms with Gasteiger partial charge in [-0.25, -0.2) is 0 Å². The zero-order valence-corrected chi connectivity index (χ0v) is 10.2. The van der Waals surface area contributed by atoms with Crippen molar-refractivity contribution in [1.29, 1.82) is 0 Å². The van der Waals surface area contributed by atoms with Crippen LogP contribution in [0.2, 0.25) is 0 Å². The molecule has 0 radical (unpaired) electrons. The number of nitro benzene ring substituents is 1. The number of benzene rings is 1. The lowest BCUT2D eigenvalue weighted by Crippen LogP contribution is -2.03. The highest BCUT2D eigenvalue weighted by Crippen LogP contribution is 2.28. The fourth-order valence-electron chi connectivity index (χ4n) is 1.62. The van der Waals surface area contributed by atoms with Gasteiger partial charge in [0.1, 0.15) is 5.69 Å². The van der Waals surface area contributed by atoms with E-state index in [0.29, 0.717) is 12.2 Å². The molecule has 1 heterocycles. The number of thiophene rings is 1. The van der Waals surface area contributed by atoms with Gasteiger partial charge in [0.25, 0.3) is 5.69 Å². The lowest BCUT2D eigenvalue weighted by molar-refractivity contribution is -0.384. The Balaban J connectivity index is 2.22. The Labute approximate surface area is 103 Å². The number of rotatable bonds is 4. The number of nitro groups is 1. The van der Waals surface area contributed by atoms with E-state index in [2.05, 4.69) is 5.32 Å². The molecule has 0 aliphatic carbocycles. The van der Waals surface area contributed by atoms with Crippen LogP contribution in [-0.4, -0.2) is 4.92 Å². The van der Waals surface area contributed by atoms with Crippen molar-refractivity contribution in [2.24, 2.45) is 0 Å². The first-order chi connectivity index (χ1) is 8.18. The monoisotopic (exact) mass is 248 g/mol. The molecule has 0 fully saturated rings. The van der Waals surface area contributed by atoms with E-state index >= 15 is 0 Å². The van der Waals surface area contributed by atoms with Crippen molar-refractivity contribution < 1.29 is 4.92 Å². The van der Waals surface area contributed by atoms with Crippen LogP contribution < -0.4 is 5.32 Å². The van der Waals surface area contributed by atoms with E-state index in [1.807, 2.05) is 29.8 Å². The maximum Gasteiger partial charge on any atom is 0.292 e. The van der Waals surface area contributed by atoms with E-state index in [-0.39, 0.29) is 10.6 Å². The van der Waals surface area contributed by atoms with Crippen LogP contribution >= 0.6 is 11.3 Å². The number of para-hydroxylation sites is 1. The van der Waals surface area contributed by atoms with Crippen molar-refractivity contribution in [3.8, 4) is 0 Å². The molecule has 0 spiro atoms. The fraction of sp³-hybridized carbons (Fsp3) is 0.167. The van der Waals surface area contributed by atoms with Gasteiger partial charge in [-0.1, -0.05) is 12.1 Å². The molecule has 1 aromatic heterocycles. The van der Waals surface area contributed by atoms with E-state index in [0.717, 1.165) is 11.1 Å². The number of hydrogen-bond acceptors (Lipinski definition) is 4. The minimum Gasteiger partial charge on any atom is -0.375 e. The SMILES string of the molecule is Cc1cccc([N+](=O)[O-])c1NCc1ccsc1. The van der Waals surface area contributed by atoms with Crippen LogP contribution in [0.15, 0.2) is 35.0 Å². The highest BCUT2D eigenvalue weighted by molar-refractivity contribution is 7.07. The van der Waals surface area contributed by atoms with Gasteiger partial charge in [0, 0.05) is 12.6 Å². The molecule has 0 bridgehead atoms. The number of hydrogen-bond donors (Lipinski definition) is 1. The van der Waals surface area contributed by atoms with E-state index in [1.165, 1.54) is 6.07 Å². The Morgan fingerprint density at radius 1 is 1.41 bits per heavy atom. The summed E-state index contributed by atoms with van der Waals surface area (Å²) in [5.41, 5.74) is 2.74. The van der Waals surface area contributed by atoms with E-state index < -0.39 is 0 Å². The molecule has 0 saturated heterocycles. The third kappa shape index (κ3) is 2.62. The molecule has 2 rings (SSSR count). The van der Waals surface area contributed by atoms with Gasteiger partial charge in [-0.05, 0) is 34.9 Å². The second kappa shape index (κ2) is 4.97. The first-order valence-electron chi connectivity index (χ1n) is 5.17. The second-order valence-corrected chi connectivity index (χ2v) is 4.49. The molecule has 0 unspecified atom stereocenters. The topological polar surface area (TPSA) is 55.2 Å². The normalized spacial score (nSPS) is 10.2. The Kier molecular flexibility index (Phi) is 3.39. The van der Waals surface area contributed by atoms with Crippen molar-refractivity contribution >= 4 is 22.7 Å². The number of nitrogens with zero attached hydrogens (tertiary/aromatic N) is 1. The summed E-state index contributed by atoms with van der Waals surface area (Å²) in [6, 6.07) is 7.08. The first-order valence-corrected chi connectivity index (χ1v) is 6.11. The quantitative estimate of drug-likeness (QED) is 0.664. The summed E-state index contributed by atoms with van der Waals surface area (Å²) in [6.45, 7) is 2.47. The molecule has 2 aromatic rings. The van der Waals surface area contributed by atoms with Crippen LogP contribution in [0.3, 0.4) is 0 Å². The summed E-state index contributed by atoms with van der Waals surface area (Å²) in [4.78, 5) is 10.5. The van der Waals surface area contributed by atoms with Crippen molar-refractivity contribution in [3.05, 3.63) is 56.3 Å². The Morgan fingerprint density at radius 2 is 2.24 bits per heavy atom. The van der Waals surface area contributed by atoms with Gasteiger partial charge >= 0.3 is 0 Å². The summed E-state index contributed by atoms with van der Waals surface area (Å²) in [5, 5.41) is 18.0. The lowest BCUT2D eigenvalue weighted by atomic mass is 10.1. The van der Waals surface area contributed by atoms with Gasteiger partial charge in [0.15, 0.2) is 0 Å². The summed E-state index contributed by atoms with van der Waals surface area (Å²) in [6.07, 6.45) is 0. The predicted molar refractivity (Wildman–Crippen MR) is 69.5 cm³/mol. The predicted octanol–water partition coefficient (Wildman–Crippen LogP) is 3.58. The average molecular weight is 248 g/mol. The lowest BCUT2D eigenvalue weighted by Gasteiger charge is -2.08. The third-order valence-electron chi connectivity index (χ3n) is 2.50. The molecule has 1 N–H and O–H groups in total. The standard InChI is InChI=1S/C12H12N2O2S/c1-9-3-2-4-11(14(15)16)12(9)13-7-10-5-6-17-8-10/h2-6,8,13H,7H2,1H3. The van der Waals surface area contributed by atoms with E-state index in [4.69, 9.17) is 0 Å². The summed E-state index contributed by atoms with van der Waals surface area (Å²) in [7, 11) is 0. The molecule has 1 aromatic carbocycles. The molecular formula is C12H12N2O2S. The maximum atomic E-state index is 10.9. The molecule has 88 valence electrons. The molecule has 0 amide bonds. The van der Waals surface area contributed by atoms with E-state index in [9.17, 15) is 10.1 Å². The molecule has 17 heavy (non-hydrogen) atoms. The number of anilines is 1. The Morgan fingerprint density at radius 3 is 2.88 bits per heavy atom. The third-order valence-corrected chi connectivity index (χ3v) is 3.23. The molecule has 4 nitrogen and oxygen atoms in total. The van der Waals surface area contributed by atoms with Crippen LogP contribution in [0.5, 0.6) is 0 Å². The molecule has 0 aliphatic heterocycles. The van der Waals surface area contributed by atoms with Crippen molar-refractivity contribution in [1.82, 2.24) is 0 Å². The zero-order valence-electron chi connectivity index (χ0n) is 9.34. The van der Waals surface area contributed by atoms with Crippen molar-refractivity contribution in [3.63, 3.8) is 0 Å². The van der Waals surface area contributed by atoms with Gasteiger partial charge in [0.2, 0.25) is 0 Å². The summed E-state index contributed by atoms with van der Waals surface area (Å²) < 4.78 is 0. The van der Waals surface area contributed by atoms with Gasteiger partial charge in [-0.3, -0.25) is 10.1 Å². The smallest absolute Gasteiger partial charge is 0.292 e. The highest BCUT2D eigenvalue weighted by atomic mass is 32.1. The van der Waals surface area contributed by atoms with Crippen molar-refractivity contribution in [2.75, 3.05) is 5.32 Å². The number of nitrogens with one attached hydrogen (secondary N) is 1. The fourth-order valence-corrected chi connectivity index (χ4v) is 2.29. The van der Waals surface area contributed by atoms with Gasteiger partial charge in [-0.2, -0.15) is 11.3 Å². The van der Waals surface area contributed by atoms with E-state index in [1.54, 1.807) is 17.4 Å². The minimum absolute atomic E-state index is 0.125. The van der Waals surface area contributed by atoms with Gasteiger partial charge in [-0.15, -0.1) is 0 Å². The zero-order chi connectivity index (χ0) is 12.3. The Hall–Kier alpha value is -1.88. The molecule has 0 atom stereocenters. The Bertz CT molecular complexity index is 523. The minimum atomic E-state index is -0.358. The average Bonchev–Trinajstić information content (AvgIpc) is 2.80. The summed E-state index contributed by atoms with van der Waals surface area (Å²) in [5.74, 6) is 0. The van der Waals surface area contributed by atoms with Crippen LogP contribution in [0.4, 0.5) is 11.4 Å². The number of aryl methyl sites for hydroxylation is 1. The van der Waals surface area contributed by atoms with Gasteiger partial charge < -0.3 is 5.32 Å². The molecule has 5 heteroatoms. The first kappa shape index (κ1) is 11.6. The largest absolute Gasteiger partial charge is 0.375 e. The maximum absolute atomic E-state index is 10.9. The second-order valence-electron chi connectivity index (χ2n) is 3.71. The molecule has 0 saturated carbocycles. The van der Waals surface area contributed by atoms with Crippen molar-refractivity contribution in [2.45, 2.75) is 13.5 Å². The molecule has 0 aliphatic rings. The van der Waals surface area contributed by atoms with Crippen LogP contribution in [-0.2, 0) is 6.54 Å². The van der Waals surface area contributed by atoms with Crippen LogP contribution in [0, 0.1) is 17.0 Å². The molecular weight excluding hydrogens is 236 g/mol.